The van der Waals surface area contributed by atoms with Gasteiger partial charge in [0.25, 0.3) is 0 Å². The molecule has 5 heteroatoms. The summed E-state index contributed by atoms with van der Waals surface area (Å²) in [5.74, 6) is 0.348. The molecule has 1 atom stereocenters. The van der Waals surface area contributed by atoms with E-state index < -0.39 is 4.92 Å². The van der Waals surface area contributed by atoms with E-state index in [-0.39, 0.29) is 5.69 Å². The van der Waals surface area contributed by atoms with Gasteiger partial charge >= 0.3 is 5.69 Å². The molecular formula is C11H14N2O3. The summed E-state index contributed by atoms with van der Waals surface area (Å²) in [5.41, 5.74) is 0.0282. The number of benzene rings is 1. The van der Waals surface area contributed by atoms with Crippen LogP contribution in [0.4, 0.5) is 5.69 Å². The van der Waals surface area contributed by atoms with Crippen molar-refractivity contribution in [2.24, 2.45) is 0 Å². The van der Waals surface area contributed by atoms with E-state index in [1.54, 1.807) is 18.2 Å². The van der Waals surface area contributed by atoms with Crippen LogP contribution in [-0.4, -0.2) is 24.1 Å². The molecule has 1 heterocycles. The minimum atomic E-state index is -0.419. The minimum absolute atomic E-state index is 0.0282. The van der Waals surface area contributed by atoms with Gasteiger partial charge in [0, 0.05) is 12.1 Å². The number of rotatable bonds is 4. The molecule has 2 rings (SSSR count). The highest BCUT2D eigenvalue weighted by atomic mass is 16.6. The summed E-state index contributed by atoms with van der Waals surface area (Å²) >= 11 is 0. The van der Waals surface area contributed by atoms with Crippen molar-refractivity contribution >= 4 is 5.69 Å². The molecule has 0 spiro atoms. The molecule has 0 amide bonds. The molecule has 1 aliphatic rings. The van der Waals surface area contributed by atoms with Gasteiger partial charge < -0.3 is 10.1 Å². The Labute approximate surface area is 93.6 Å². The van der Waals surface area contributed by atoms with Crippen LogP contribution in [0.15, 0.2) is 24.3 Å². The van der Waals surface area contributed by atoms with Crippen molar-refractivity contribution in [3.63, 3.8) is 0 Å². The Morgan fingerprint density at radius 3 is 3.00 bits per heavy atom. The van der Waals surface area contributed by atoms with Crippen LogP contribution in [0.2, 0.25) is 0 Å². The summed E-state index contributed by atoms with van der Waals surface area (Å²) in [6.07, 6.45) is 2.21. The topological polar surface area (TPSA) is 64.4 Å². The summed E-state index contributed by atoms with van der Waals surface area (Å²) in [5, 5.41) is 14.0. The number of nitrogens with one attached hydrogen (secondary N) is 1. The number of hydrogen-bond acceptors (Lipinski definition) is 4. The predicted octanol–water partition coefficient (Wildman–Crippen LogP) is 1.73. The molecule has 1 aromatic carbocycles. The molecule has 0 radical (unpaired) electrons. The van der Waals surface area contributed by atoms with Crippen molar-refractivity contribution in [2.75, 3.05) is 13.2 Å². The van der Waals surface area contributed by atoms with Gasteiger partial charge in [0.1, 0.15) is 6.61 Å². The SMILES string of the molecule is O=[N+]([O-])c1ccccc1OC[C@H]1CCCN1. The van der Waals surface area contributed by atoms with Gasteiger partial charge in [-0.25, -0.2) is 0 Å². The molecule has 1 aromatic rings. The first kappa shape index (κ1) is 10.9. The van der Waals surface area contributed by atoms with Gasteiger partial charge in [-0.3, -0.25) is 10.1 Å². The van der Waals surface area contributed by atoms with Gasteiger partial charge in [-0.1, -0.05) is 12.1 Å². The average molecular weight is 222 g/mol. The lowest BCUT2D eigenvalue weighted by Crippen LogP contribution is -2.28. The van der Waals surface area contributed by atoms with Crippen LogP contribution in [0.1, 0.15) is 12.8 Å². The molecule has 1 aliphatic heterocycles. The summed E-state index contributed by atoms with van der Waals surface area (Å²) in [6.45, 7) is 1.50. The van der Waals surface area contributed by atoms with Gasteiger partial charge in [-0.2, -0.15) is 0 Å². The summed E-state index contributed by atoms with van der Waals surface area (Å²) < 4.78 is 5.48. The lowest BCUT2D eigenvalue weighted by atomic mass is 10.2. The molecule has 16 heavy (non-hydrogen) atoms. The summed E-state index contributed by atoms with van der Waals surface area (Å²) in [7, 11) is 0. The zero-order valence-electron chi connectivity index (χ0n) is 8.89. The third-order valence-corrected chi connectivity index (χ3v) is 2.66. The van der Waals surface area contributed by atoms with E-state index in [2.05, 4.69) is 5.32 Å². The van der Waals surface area contributed by atoms with E-state index in [9.17, 15) is 10.1 Å². The second-order valence-electron chi connectivity index (χ2n) is 3.83. The lowest BCUT2D eigenvalue weighted by molar-refractivity contribution is -0.385. The number of nitro groups is 1. The molecule has 0 bridgehead atoms. The summed E-state index contributed by atoms with van der Waals surface area (Å²) in [4.78, 5) is 10.3. The highest BCUT2D eigenvalue weighted by Crippen LogP contribution is 2.26. The van der Waals surface area contributed by atoms with Crippen molar-refractivity contribution in [2.45, 2.75) is 18.9 Å². The van der Waals surface area contributed by atoms with Crippen LogP contribution in [-0.2, 0) is 0 Å². The van der Waals surface area contributed by atoms with Crippen LogP contribution in [0.5, 0.6) is 5.75 Å². The first-order valence-corrected chi connectivity index (χ1v) is 5.37. The highest BCUT2D eigenvalue weighted by Gasteiger charge is 2.18. The molecule has 0 saturated carbocycles. The second kappa shape index (κ2) is 4.94. The number of nitrogens with zero attached hydrogens (tertiary/aromatic N) is 1. The van der Waals surface area contributed by atoms with Gasteiger partial charge in [-0.15, -0.1) is 0 Å². The maximum atomic E-state index is 10.7. The fraction of sp³-hybridized carbons (Fsp3) is 0.455. The second-order valence-corrected chi connectivity index (χ2v) is 3.83. The van der Waals surface area contributed by atoms with Crippen LogP contribution >= 0.6 is 0 Å². The molecule has 86 valence electrons. The highest BCUT2D eigenvalue weighted by molar-refractivity contribution is 5.45. The normalized spacial score (nSPS) is 19.6. The molecule has 1 N–H and O–H groups in total. The maximum absolute atomic E-state index is 10.7. The standard InChI is InChI=1S/C11H14N2O3/c14-13(15)10-5-1-2-6-11(10)16-8-9-4-3-7-12-9/h1-2,5-6,9,12H,3-4,7-8H2/t9-/m1/s1. The molecule has 1 saturated heterocycles. The number of nitro benzene ring substituents is 1. The van der Waals surface area contributed by atoms with Crippen LogP contribution in [0.25, 0.3) is 0 Å². The molecule has 5 nitrogen and oxygen atoms in total. The smallest absolute Gasteiger partial charge is 0.310 e. The van der Waals surface area contributed by atoms with Gasteiger partial charge in [0.05, 0.1) is 4.92 Å². The first-order chi connectivity index (χ1) is 7.77. The van der Waals surface area contributed by atoms with Crippen molar-refractivity contribution in [3.05, 3.63) is 34.4 Å². The van der Waals surface area contributed by atoms with Crippen molar-refractivity contribution in [3.8, 4) is 5.75 Å². The van der Waals surface area contributed by atoms with Crippen molar-refractivity contribution in [1.29, 1.82) is 0 Å². The third-order valence-electron chi connectivity index (χ3n) is 2.66. The van der Waals surface area contributed by atoms with Gasteiger partial charge in [-0.05, 0) is 25.5 Å². The maximum Gasteiger partial charge on any atom is 0.310 e. The fourth-order valence-corrected chi connectivity index (χ4v) is 1.82. The molecule has 0 aliphatic carbocycles. The quantitative estimate of drug-likeness (QED) is 0.622. The molecule has 0 aromatic heterocycles. The van der Waals surface area contributed by atoms with Crippen LogP contribution in [0, 0.1) is 10.1 Å². The van der Waals surface area contributed by atoms with Gasteiger partial charge in [0.15, 0.2) is 5.75 Å². The van der Waals surface area contributed by atoms with E-state index in [0.717, 1.165) is 19.4 Å². The van der Waals surface area contributed by atoms with Crippen molar-refractivity contribution < 1.29 is 9.66 Å². The Kier molecular flexibility index (Phi) is 3.36. The van der Waals surface area contributed by atoms with E-state index in [1.807, 2.05) is 0 Å². The average Bonchev–Trinajstić information content (AvgIpc) is 2.79. The van der Waals surface area contributed by atoms with Gasteiger partial charge in [0.2, 0.25) is 0 Å². The Bertz CT molecular complexity index is 375. The zero-order chi connectivity index (χ0) is 11.4. The van der Waals surface area contributed by atoms with E-state index >= 15 is 0 Å². The van der Waals surface area contributed by atoms with E-state index in [0.29, 0.717) is 18.4 Å². The number of hydrogen-bond donors (Lipinski definition) is 1. The lowest BCUT2D eigenvalue weighted by Gasteiger charge is -2.11. The third kappa shape index (κ3) is 2.49. The Hall–Kier alpha value is -1.62. The minimum Gasteiger partial charge on any atom is -0.485 e. The van der Waals surface area contributed by atoms with Crippen LogP contribution in [0.3, 0.4) is 0 Å². The Balaban J connectivity index is 2.00. The molecule has 1 fully saturated rings. The molecule has 0 unspecified atom stereocenters. The van der Waals surface area contributed by atoms with E-state index in [1.165, 1.54) is 6.07 Å². The largest absolute Gasteiger partial charge is 0.485 e. The van der Waals surface area contributed by atoms with Crippen LogP contribution < -0.4 is 10.1 Å². The first-order valence-electron chi connectivity index (χ1n) is 5.37. The predicted molar refractivity (Wildman–Crippen MR) is 59.6 cm³/mol. The number of para-hydroxylation sites is 2. The zero-order valence-corrected chi connectivity index (χ0v) is 8.89. The molecular weight excluding hydrogens is 208 g/mol. The Morgan fingerprint density at radius 2 is 2.31 bits per heavy atom. The van der Waals surface area contributed by atoms with Crippen molar-refractivity contribution in [1.82, 2.24) is 5.32 Å². The van der Waals surface area contributed by atoms with E-state index in [4.69, 9.17) is 4.74 Å². The Morgan fingerprint density at radius 1 is 1.50 bits per heavy atom. The summed E-state index contributed by atoms with van der Waals surface area (Å²) in [6, 6.07) is 6.79. The monoisotopic (exact) mass is 222 g/mol. The fourth-order valence-electron chi connectivity index (χ4n) is 1.82. The number of ether oxygens (including phenoxy) is 1.